The fourth-order valence-electron chi connectivity index (χ4n) is 6.46. The van der Waals surface area contributed by atoms with Gasteiger partial charge in [-0.25, -0.2) is 14.3 Å². The maximum atomic E-state index is 14.4. The first-order valence-corrected chi connectivity index (χ1v) is 12.3. The van der Waals surface area contributed by atoms with Gasteiger partial charge in [-0.2, -0.15) is 23.5 Å². The van der Waals surface area contributed by atoms with Crippen molar-refractivity contribution in [1.29, 1.82) is 5.26 Å². The van der Waals surface area contributed by atoms with E-state index in [1.807, 2.05) is 29.2 Å². The third kappa shape index (κ3) is 2.83. The van der Waals surface area contributed by atoms with E-state index in [2.05, 4.69) is 27.7 Å². The molecule has 4 aliphatic rings. The molecule has 2 bridgehead atoms. The van der Waals surface area contributed by atoms with Crippen molar-refractivity contribution in [3.63, 3.8) is 0 Å². The van der Waals surface area contributed by atoms with Crippen molar-refractivity contribution in [2.45, 2.75) is 43.2 Å². The second-order valence-electron chi connectivity index (χ2n) is 9.24. The molecule has 0 N–H and O–H groups in total. The molecule has 3 fully saturated rings. The van der Waals surface area contributed by atoms with E-state index in [9.17, 15) is 27.6 Å². The van der Waals surface area contributed by atoms with Gasteiger partial charge in [-0.05, 0) is 90.7 Å². The van der Waals surface area contributed by atoms with Crippen LogP contribution in [0.2, 0.25) is 0 Å². The zero-order valence-corrected chi connectivity index (χ0v) is 20.3. The van der Waals surface area contributed by atoms with E-state index >= 15 is 0 Å². The molecule has 2 aromatic rings. The van der Waals surface area contributed by atoms with Crippen LogP contribution in [0.25, 0.3) is 0 Å². The standard InChI is InChI=1S/C24H18F4IN5O/c25-19-7-6-17(12-14(19)13-30)34-23-18(20(31-34)24(26,27)28)8-10-22(9-1-11-32(22)23)33(21(23)35)16-4-2-15(29)3-5-16/h2-7,12,18H,1,8-11H2. The molecule has 0 aromatic heterocycles. The van der Waals surface area contributed by atoms with Gasteiger partial charge in [-0.1, -0.05) is 0 Å². The highest BCUT2D eigenvalue weighted by molar-refractivity contribution is 14.1. The molecule has 1 amide bonds. The summed E-state index contributed by atoms with van der Waals surface area (Å²) in [5.74, 6) is -2.49. The highest BCUT2D eigenvalue weighted by Crippen LogP contribution is 2.62. The van der Waals surface area contributed by atoms with Crippen LogP contribution in [0.5, 0.6) is 0 Å². The number of carbonyl (C=O) groups excluding carboxylic acids is 1. The minimum absolute atomic E-state index is 0.0766. The Morgan fingerprint density at radius 3 is 2.51 bits per heavy atom. The number of benzene rings is 2. The first-order valence-electron chi connectivity index (χ1n) is 11.2. The molecule has 3 unspecified atom stereocenters. The average molecular weight is 595 g/mol. The van der Waals surface area contributed by atoms with E-state index in [4.69, 9.17) is 0 Å². The van der Waals surface area contributed by atoms with E-state index in [0.717, 1.165) is 20.7 Å². The number of halogens is 5. The van der Waals surface area contributed by atoms with Gasteiger partial charge in [0.05, 0.1) is 17.2 Å². The number of anilines is 2. The van der Waals surface area contributed by atoms with Crippen LogP contribution in [0.1, 0.15) is 31.2 Å². The summed E-state index contributed by atoms with van der Waals surface area (Å²) in [5, 5.41) is 14.4. The van der Waals surface area contributed by atoms with E-state index in [0.29, 0.717) is 31.5 Å². The summed E-state index contributed by atoms with van der Waals surface area (Å²) in [6.07, 6.45) is -2.90. The molecule has 35 heavy (non-hydrogen) atoms. The second kappa shape index (κ2) is 7.39. The first kappa shape index (κ1) is 22.7. The topological polar surface area (TPSA) is 62.9 Å². The molecule has 11 heteroatoms. The summed E-state index contributed by atoms with van der Waals surface area (Å²) in [5.41, 5.74) is -3.15. The Balaban J connectivity index is 1.60. The van der Waals surface area contributed by atoms with Gasteiger partial charge in [0, 0.05) is 15.8 Å². The van der Waals surface area contributed by atoms with Crippen LogP contribution in [-0.4, -0.2) is 40.6 Å². The molecule has 4 aliphatic heterocycles. The second-order valence-corrected chi connectivity index (χ2v) is 10.5. The molecule has 3 saturated heterocycles. The van der Waals surface area contributed by atoms with Gasteiger partial charge in [-0.3, -0.25) is 9.69 Å². The van der Waals surface area contributed by atoms with E-state index in [-0.39, 0.29) is 17.7 Å². The number of piperidine rings is 1. The molecule has 0 saturated carbocycles. The Kier molecular flexibility index (Phi) is 4.80. The van der Waals surface area contributed by atoms with Gasteiger partial charge in [0.1, 0.15) is 23.3 Å². The normalized spacial score (nSPS) is 29.8. The van der Waals surface area contributed by atoms with E-state index in [1.165, 1.54) is 6.07 Å². The molecule has 3 atom stereocenters. The number of rotatable bonds is 2. The van der Waals surface area contributed by atoms with Crippen LogP contribution >= 0.6 is 22.6 Å². The van der Waals surface area contributed by atoms with Crippen molar-refractivity contribution in [1.82, 2.24) is 4.90 Å². The van der Waals surface area contributed by atoms with Gasteiger partial charge in [0.2, 0.25) is 5.66 Å². The first-order chi connectivity index (χ1) is 16.6. The van der Waals surface area contributed by atoms with Crippen LogP contribution in [0.4, 0.5) is 28.9 Å². The predicted octanol–water partition coefficient (Wildman–Crippen LogP) is 4.99. The zero-order valence-electron chi connectivity index (χ0n) is 18.2. The number of nitrogens with zero attached hydrogens (tertiary/aromatic N) is 5. The average Bonchev–Trinajstić information content (AvgIpc) is 3.44. The smallest absolute Gasteiger partial charge is 0.290 e. The summed E-state index contributed by atoms with van der Waals surface area (Å²) in [7, 11) is 0. The van der Waals surface area contributed by atoms with E-state index < -0.39 is 40.9 Å². The Morgan fingerprint density at radius 1 is 1.11 bits per heavy atom. The van der Waals surface area contributed by atoms with Crippen molar-refractivity contribution in [2.24, 2.45) is 11.0 Å². The van der Waals surface area contributed by atoms with Crippen LogP contribution in [-0.2, 0) is 4.79 Å². The lowest BCUT2D eigenvalue weighted by Crippen LogP contribution is -2.67. The molecule has 0 radical (unpaired) electrons. The summed E-state index contributed by atoms with van der Waals surface area (Å²) in [4.78, 5) is 18.0. The molecule has 6 rings (SSSR count). The lowest BCUT2D eigenvalue weighted by Gasteiger charge is -2.49. The van der Waals surface area contributed by atoms with E-state index in [1.54, 1.807) is 11.0 Å². The Hall–Kier alpha value is -2.72. The molecule has 1 spiro atoms. The minimum Gasteiger partial charge on any atom is -0.290 e. The minimum atomic E-state index is -4.75. The summed E-state index contributed by atoms with van der Waals surface area (Å²) >= 11 is 2.16. The number of hydrogen-bond donors (Lipinski definition) is 0. The van der Waals surface area contributed by atoms with Crippen molar-refractivity contribution in [3.8, 4) is 6.07 Å². The lowest BCUT2D eigenvalue weighted by atomic mass is 9.78. The maximum absolute atomic E-state index is 14.4. The quantitative estimate of drug-likeness (QED) is 0.363. The number of amides is 1. The van der Waals surface area contributed by atoms with Gasteiger partial charge < -0.3 is 0 Å². The molecule has 2 aromatic carbocycles. The van der Waals surface area contributed by atoms with Gasteiger partial charge in [0.25, 0.3) is 5.91 Å². The molecule has 4 heterocycles. The SMILES string of the molecule is N#Cc1cc(N2N=C(C(F)(F)F)C3CCC45CCCN4C32C(=O)N5c2ccc(I)cc2)ccc1F. The molecular formula is C24H18F4IN5O. The number of carbonyl (C=O) groups is 1. The largest absolute Gasteiger partial charge is 0.431 e. The third-order valence-corrected chi connectivity index (χ3v) is 8.40. The van der Waals surface area contributed by atoms with Gasteiger partial charge >= 0.3 is 6.18 Å². The number of alkyl halides is 3. The monoisotopic (exact) mass is 595 g/mol. The highest BCUT2D eigenvalue weighted by atomic mass is 127. The van der Waals surface area contributed by atoms with Gasteiger partial charge in [0.15, 0.2) is 0 Å². The van der Waals surface area contributed by atoms with Crippen molar-refractivity contribution in [3.05, 3.63) is 57.4 Å². The summed E-state index contributed by atoms with van der Waals surface area (Å²) in [6.45, 7) is 0.423. The van der Waals surface area contributed by atoms with Crippen LogP contribution < -0.4 is 9.91 Å². The number of hydrazone groups is 1. The number of hydrogen-bond acceptors (Lipinski definition) is 5. The highest BCUT2D eigenvalue weighted by Gasteiger charge is 2.78. The number of nitriles is 1. The molecular weight excluding hydrogens is 577 g/mol. The van der Waals surface area contributed by atoms with Gasteiger partial charge in [-0.15, -0.1) is 0 Å². The van der Waals surface area contributed by atoms with Crippen LogP contribution in [0.3, 0.4) is 0 Å². The van der Waals surface area contributed by atoms with Crippen molar-refractivity contribution in [2.75, 3.05) is 16.5 Å². The van der Waals surface area contributed by atoms with Crippen LogP contribution in [0, 0.1) is 26.6 Å². The predicted molar refractivity (Wildman–Crippen MR) is 128 cm³/mol. The Morgan fingerprint density at radius 2 is 1.83 bits per heavy atom. The zero-order chi connectivity index (χ0) is 24.8. The lowest BCUT2D eigenvalue weighted by molar-refractivity contribution is -0.127. The summed E-state index contributed by atoms with van der Waals surface area (Å²) < 4.78 is 57.9. The Labute approximate surface area is 211 Å². The maximum Gasteiger partial charge on any atom is 0.431 e. The fraction of sp³-hybridized carbons (Fsp3) is 0.375. The van der Waals surface area contributed by atoms with Crippen LogP contribution in [0.15, 0.2) is 47.6 Å². The molecule has 180 valence electrons. The van der Waals surface area contributed by atoms with Crippen molar-refractivity contribution < 1.29 is 22.4 Å². The molecule has 0 aliphatic carbocycles. The third-order valence-electron chi connectivity index (χ3n) is 7.68. The molecule has 6 nitrogen and oxygen atoms in total. The van der Waals surface area contributed by atoms with Crippen molar-refractivity contribution >= 4 is 45.6 Å². The Bertz CT molecular complexity index is 1320. The summed E-state index contributed by atoms with van der Waals surface area (Å²) in [6, 6.07) is 12.5. The fourth-order valence-corrected chi connectivity index (χ4v) is 6.82.